The first-order chi connectivity index (χ1) is 18.0. The van der Waals surface area contributed by atoms with E-state index in [1.54, 1.807) is 0 Å². The van der Waals surface area contributed by atoms with Crippen LogP contribution in [0.1, 0.15) is 13.2 Å². The molecule has 5 unspecified atom stereocenters. The lowest BCUT2D eigenvalue weighted by atomic mass is 10.0. The van der Waals surface area contributed by atoms with Crippen molar-refractivity contribution in [3.05, 3.63) is 33.1 Å². The molecule has 9 N–H and O–H groups in total. The molecule has 222 valence electrons. The number of phosphoric acid groups is 2. The Labute approximate surface area is 222 Å². The minimum atomic E-state index is -5.52. The Morgan fingerprint density at radius 1 is 1.13 bits per heavy atom. The van der Waals surface area contributed by atoms with Crippen molar-refractivity contribution < 1.29 is 67.3 Å². The number of thioether (sulfide) groups is 1. The number of aliphatic hydroxyl groups is 5. The Morgan fingerprint density at radius 3 is 2.38 bits per heavy atom. The Hall–Kier alpha value is -1.48. The number of ether oxygens (including phenoxy) is 1. The normalized spacial score (nSPS) is 36.2. The summed E-state index contributed by atoms with van der Waals surface area (Å²) in [7, 11) is -11.0. The maximum atomic E-state index is 12.5. The molecule has 1 aromatic heterocycles. The third-order valence-electron chi connectivity index (χ3n) is 5.56. The van der Waals surface area contributed by atoms with Gasteiger partial charge in [0.25, 0.3) is 5.56 Å². The third-order valence-corrected chi connectivity index (χ3v) is 9.76. The van der Waals surface area contributed by atoms with E-state index in [1.165, 1.54) is 0 Å². The first-order valence-corrected chi connectivity index (χ1v) is 14.9. The number of H-pyrrole nitrogens is 1. The van der Waals surface area contributed by atoms with Crippen molar-refractivity contribution in [3.8, 4) is 0 Å². The van der Waals surface area contributed by atoms with Crippen LogP contribution in [0.25, 0.3) is 0 Å². The second-order valence-electron chi connectivity index (χ2n) is 8.42. The lowest BCUT2D eigenvalue weighted by Gasteiger charge is -2.41. The quantitative estimate of drug-likeness (QED) is 0.112. The maximum Gasteiger partial charge on any atom is 0.482 e. The van der Waals surface area contributed by atoms with Gasteiger partial charge in [-0.3, -0.25) is 28.2 Å². The molecule has 2 aliphatic heterocycles. The van der Waals surface area contributed by atoms with Crippen LogP contribution in [0, 0.1) is 0 Å². The summed E-state index contributed by atoms with van der Waals surface area (Å²) in [5, 5.41) is 51.2. The van der Waals surface area contributed by atoms with E-state index in [4.69, 9.17) is 9.26 Å². The Bertz CT molecular complexity index is 1240. The van der Waals surface area contributed by atoms with Crippen LogP contribution in [0.15, 0.2) is 21.9 Å². The fraction of sp³-hybridized carbons (Fsp3) is 0.706. The number of hydrogen-bond donors (Lipinski definition) is 9. The molecule has 0 saturated carbocycles. The predicted octanol–water partition coefficient (Wildman–Crippen LogP) is -3.93. The van der Waals surface area contributed by atoms with Crippen LogP contribution in [0.2, 0.25) is 0 Å². The summed E-state index contributed by atoms with van der Waals surface area (Å²) < 4.78 is 44.5. The highest BCUT2D eigenvalue weighted by molar-refractivity contribution is 8.00. The standard InChI is InChI=1S/C17H27N3O16P2S/c1-6(22)18-10-13(26)12(25)8(4-21)39-16(10)35-38(31,32)36-37(29,30)33-5-7-11(24)14(27)15(34-7)20-3-2-9(23)19-17(20)28/h2-3,7-8,10-16,21,24-27H,4-5H2,1H3,(H,18,22)(H,29,30)(H,31,32)(H,19,23,28)/t7-,8?,10-,11-,12?,13?,14-,15-,16-/m1/s1. The van der Waals surface area contributed by atoms with Crippen LogP contribution < -0.4 is 16.6 Å². The number of aromatic amines is 1. The van der Waals surface area contributed by atoms with Crippen molar-refractivity contribution in [2.24, 2.45) is 0 Å². The van der Waals surface area contributed by atoms with Gasteiger partial charge < -0.3 is 45.4 Å². The average Bonchev–Trinajstić information content (AvgIpc) is 3.10. The molecule has 0 bridgehead atoms. The number of nitrogens with one attached hydrogen (secondary N) is 2. The molecule has 11 atom stereocenters. The molecule has 2 fully saturated rings. The molecule has 1 amide bonds. The van der Waals surface area contributed by atoms with Crippen molar-refractivity contribution in [3.63, 3.8) is 0 Å². The van der Waals surface area contributed by atoms with Gasteiger partial charge in [-0.2, -0.15) is 4.31 Å². The van der Waals surface area contributed by atoms with Gasteiger partial charge in [0.1, 0.15) is 29.9 Å². The number of aliphatic hydroxyl groups excluding tert-OH is 5. The Balaban J connectivity index is 1.66. The number of carbonyl (C=O) groups excluding carboxylic acids is 1. The van der Waals surface area contributed by atoms with Gasteiger partial charge in [0.05, 0.1) is 30.6 Å². The van der Waals surface area contributed by atoms with E-state index in [2.05, 4.69) is 14.2 Å². The molecular formula is C17H27N3O16P2S. The van der Waals surface area contributed by atoms with Gasteiger partial charge >= 0.3 is 21.3 Å². The summed E-state index contributed by atoms with van der Waals surface area (Å²) in [4.78, 5) is 56.6. The van der Waals surface area contributed by atoms with Crippen molar-refractivity contribution in [2.75, 3.05) is 13.2 Å². The van der Waals surface area contributed by atoms with E-state index in [-0.39, 0.29) is 0 Å². The van der Waals surface area contributed by atoms with E-state index >= 15 is 0 Å². The van der Waals surface area contributed by atoms with Gasteiger partial charge in [-0.25, -0.2) is 13.9 Å². The van der Waals surface area contributed by atoms with Gasteiger partial charge in [-0.05, 0) is 0 Å². The molecular weight excluding hydrogens is 596 g/mol. The lowest BCUT2D eigenvalue weighted by molar-refractivity contribution is -0.122. The number of rotatable bonds is 10. The molecule has 39 heavy (non-hydrogen) atoms. The molecule has 2 aliphatic rings. The molecule has 3 heterocycles. The van der Waals surface area contributed by atoms with E-state index in [0.29, 0.717) is 11.8 Å². The van der Waals surface area contributed by atoms with Crippen LogP contribution >= 0.6 is 27.4 Å². The van der Waals surface area contributed by atoms with Crippen LogP contribution in [0.5, 0.6) is 0 Å². The van der Waals surface area contributed by atoms with Crippen molar-refractivity contribution in [1.29, 1.82) is 0 Å². The number of phosphoric ester groups is 2. The van der Waals surface area contributed by atoms with E-state index in [0.717, 1.165) is 23.8 Å². The zero-order valence-electron chi connectivity index (χ0n) is 19.8. The average molecular weight is 623 g/mol. The smallest absolute Gasteiger partial charge is 0.395 e. The number of aromatic nitrogens is 2. The second kappa shape index (κ2) is 12.6. The Kier molecular flexibility index (Phi) is 10.3. The van der Waals surface area contributed by atoms with E-state index < -0.39 is 99.5 Å². The third kappa shape index (κ3) is 7.84. The monoisotopic (exact) mass is 623 g/mol. The number of amides is 1. The summed E-state index contributed by atoms with van der Waals surface area (Å²) in [6, 6.07) is -0.573. The zero-order chi connectivity index (χ0) is 29.3. The summed E-state index contributed by atoms with van der Waals surface area (Å²) >= 11 is 0.529. The zero-order valence-corrected chi connectivity index (χ0v) is 22.4. The summed E-state index contributed by atoms with van der Waals surface area (Å²) in [6.07, 6.45) is -9.03. The molecule has 0 aliphatic carbocycles. The highest BCUT2D eigenvalue weighted by Crippen LogP contribution is 2.62. The number of hydrogen-bond acceptors (Lipinski definition) is 15. The summed E-state index contributed by atoms with van der Waals surface area (Å²) in [5.74, 6) is -0.729. The fourth-order valence-corrected chi connectivity index (χ4v) is 7.55. The maximum absolute atomic E-state index is 12.5. The van der Waals surface area contributed by atoms with Crippen molar-refractivity contribution >= 4 is 33.3 Å². The predicted molar refractivity (Wildman–Crippen MR) is 127 cm³/mol. The number of nitrogens with zero attached hydrogens (tertiary/aromatic N) is 1. The Morgan fingerprint density at radius 2 is 1.79 bits per heavy atom. The van der Waals surface area contributed by atoms with Gasteiger partial charge in [-0.1, -0.05) is 0 Å². The first-order valence-electron chi connectivity index (χ1n) is 11.0. The molecule has 2 saturated heterocycles. The van der Waals surface area contributed by atoms with E-state index in [9.17, 15) is 58.8 Å². The van der Waals surface area contributed by atoms with Crippen LogP contribution in [0.4, 0.5) is 0 Å². The highest BCUT2D eigenvalue weighted by Gasteiger charge is 2.50. The lowest BCUT2D eigenvalue weighted by Crippen LogP contribution is -2.60. The topological polar surface area (TPSA) is 297 Å². The van der Waals surface area contributed by atoms with Gasteiger partial charge in [0.15, 0.2) is 6.23 Å². The minimum Gasteiger partial charge on any atom is -0.395 e. The van der Waals surface area contributed by atoms with Crippen LogP contribution in [-0.4, -0.2) is 111 Å². The highest BCUT2D eigenvalue weighted by atomic mass is 32.2. The summed E-state index contributed by atoms with van der Waals surface area (Å²) in [6.45, 7) is -0.682. The van der Waals surface area contributed by atoms with E-state index in [1.807, 2.05) is 4.98 Å². The SMILES string of the molecule is CC(=O)N[C@@H]1C(O)C(O)C(CO)S[C@H]1OP(=O)(O)OP(=O)(O)OC[C@H]1O[C@@H](n2ccc(=O)[nH]c2=O)[C@H](O)[C@@H]1O. The van der Waals surface area contributed by atoms with Crippen LogP contribution in [0.3, 0.4) is 0 Å². The molecule has 19 nitrogen and oxygen atoms in total. The number of carbonyl (C=O) groups is 1. The molecule has 22 heteroatoms. The minimum absolute atomic E-state index is 0.529. The van der Waals surface area contributed by atoms with Crippen molar-refractivity contribution in [1.82, 2.24) is 14.9 Å². The molecule has 0 spiro atoms. The van der Waals surface area contributed by atoms with Crippen LogP contribution in [-0.2, 0) is 32.0 Å². The summed E-state index contributed by atoms with van der Waals surface area (Å²) in [5.41, 5.74) is -3.40. The molecule has 3 rings (SSSR count). The molecule has 0 radical (unpaired) electrons. The van der Waals surface area contributed by atoms with Gasteiger partial charge in [0.2, 0.25) is 5.91 Å². The largest absolute Gasteiger partial charge is 0.482 e. The second-order valence-corrected chi connectivity index (χ2v) is 12.8. The van der Waals surface area contributed by atoms with Crippen molar-refractivity contribution in [2.45, 2.75) is 60.4 Å². The first kappa shape index (κ1) is 32.0. The molecule has 0 aromatic carbocycles. The van der Waals surface area contributed by atoms with Gasteiger partial charge in [-0.15, -0.1) is 11.8 Å². The molecule has 1 aromatic rings. The van der Waals surface area contributed by atoms with Gasteiger partial charge in [0, 0.05) is 19.2 Å². The fourth-order valence-electron chi connectivity index (χ4n) is 3.76.